The summed E-state index contributed by atoms with van der Waals surface area (Å²) in [6.45, 7) is 1.35. The molecule has 2 aromatic carbocycles. The average Bonchev–Trinajstić information content (AvgIpc) is 3.37. The maximum absolute atomic E-state index is 13.1. The minimum atomic E-state index is -4.34. The van der Waals surface area contributed by atoms with Gasteiger partial charge in [-0.3, -0.25) is 10.1 Å². The first kappa shape index (κ1) is 23.9. The third-order valence-corrected chi connectivity index (χ3v) is 6.82. The van der Waals surface area contributed by atoms with Crippen molar-refractivity contribution in [2.45, 2.75) is 24.9 Å². The lowest BCUT2D eigenvalue weighted by molar-refractivity contribution is -0.137. The Hall–Kier alpha value is -3.79. The van der Waals surface area contributed by atoms with Crippen LogP contribution in [0, 0.1) is 0 Å². The molecule has 0 unspecified atom stereocenters. The number of rotatable bonds is 5. The Morgan fingerprint density at radius 1 is 1.00 bits per heavy atom. The fourth-order valence-corrected chi connectivity index (χ4v) is 4.85. The first-order chi connectivity index (χ1) is 17.4. The zero-order chi connectivity index (χ0) is 25.1. The molecule has 1 amide bonds. The van der Waals surface area contributed by atoms with E-state index < -0.39 is 11.7 Å². The minimum absolute atomic E-state index is 0.0706. The number of benzene rings is 2. The van der Waals surface area contributed by atoms with Gasteiger partial charge in [-0.25, -0.2) is 4.98 Å². The molecule has 0 atom stereocenters. The Morgan fingerprint density at radius 3 is 2.47 bits per heavy atom. The predicted octanol–water partition coefficient (Wildman–Crippen LogP) is 6.26. The summed E-state index contributed by atoms with van der Waals surface area (Å²) >= 11 is 1.11. The van der Waals surface area contributed by atoms with Crippen molar-refractivity contribution in [2.24, 2.45) is 0 Å². The fraction of sp³-hybridized carbons (Fsp3) is 0.231. The van der Waals surface area contributed by atoms with Crippen molar-refractivity contribution in [1.29, 1.82) is 0 Å². The highest BCUT2D eigenvalue weighted by atomic mass is 32.1. The molecule has 0 aliphatic carbocycles. The zero-order valence-corrected chi connectivity index (χ0v) is 19.9. The van der Waals surface area contributed by atoms with Crippen molar-refractivity contribution in [2.75, 3.05) is 23.3 Å². The predicted molar refractivity (Wildman–Crippen MR) is 133 cm³/mol. The number of aromatic nitrogens is 3. The number of carbonyl (C=O) groups excluding carboxylic acids is 1. The summed E-state index contributed by atoms with van der Waals surface area (Å²) in [5.74, 6) is 1.03. The molecule has 36 heavy (non-hydrogen) atoms. The number of halogens is 3. The summed E-state index contributed by atoms with van der Waals surface area (Å²) in [6, 6.07) is 18.6. The molecule has 1 aliphatic heterocycles. The number of hydrogen-bond acceptors (Lipinski definition) is 6. The third kappa shape index (κ3) is 5.38. The summed E-state index contributed by atoms with van der Waals surface area (Å²) in [6.07, 6.45) is -1.37. The molecule has 5 rings (SSSR count). The quantitative estimate of drug-likeness (QED) is 0.344. The Bertz CT molecular complexity index is 1330. The molecule has 0 saturated carbocycles. The molecule has 0 bridgehead atoms. The molecule has 3 heterocycles. The minimum Gasteiger partial charge on any atom is -0.357 e. The second kappa shape index (κ2) is 10.1. The van der Waals surface area contributed by atoms with Gasteiger partial charge in [-0.15, -0.1) is 0 Å². The van der Waals surface area contributed by atoms with Crippen molar-refractivity contribution >= 4 is 28.4 Å². The van der Waals surface area contributed by atoms with Gasteiger partial charge in [0, 0.05) is 36.4 Å². The molecule has 6 nitrogen and oxygen atoms in total. The van der Waals surface area contributed by atoms with E-state index in [1.165, 1.54) is 18.3 Å². The lowest BCUT2D eigenvalue weighted by atomic mass is 9.88. The van der Waals surface area contributed by atoms with E-state index in [2.05, 4.69) is 24.6 Å². The highest BCUT2D eigenvalue weighted by Gasteiger charge is 2.31. The maximum atomic E-state index is 13.1. The van der Waals surface area contributed by atoms with Crippen molar-refractivity contribution in [3.63, 3.8) is 0 Å². The number of hydrogen-bond donors (Lipinski definition) is 1. The number of amides is 1. The second-order valence-electron chi connectivity index (χ2n) is 8.53. The van der Waals surface area contributed by atoms with Crippen LogP contribution in [0.1, 0.15) is 40.2 Å². The molecular formula is C26H22F3N5OS. The number of nitrogens with one attached hydrogen (secondary N) is 1. The lowest BCUT2D eigenvalue weighted by Gasteiger charge is -2.33. The number of pyridine rings is 1. The van der Waals surface area contributed by atoms with Crippen LogP contribution < -0.4 is 10.2 Å². The SMILES string of the molecule is O=C(Nc1nc(-c2ccccc2)ns1)c1ccc(N2CCC(c3cccc(C(F)(F)F)c3)CC2)nc1. The first-order valence-electron chi connectivity index (χ1n) is 11.5. The van der Waals surface area contributed by atoms with Gasteiger partial charge in [0.25, 0.3) is 5.91 Å². The molecule has 1 N–H and O–H groups in total. The summed E-state index contributed by atoms with van der Waals surface area (Å²) in [5, 5.41) is 3.16. The van der Waals surface area contributed by atoms with Gasteiger partial charge in [-0.05, 0) is 42.5 Å². The summed E-state index contributed by atoms with van der Waals surface area (Å²) in [5.41, 5.74) is 1.38. The molecule has 184 valence electrons. The molecule has 10 heteroatoms. The average molecular weight is 510 g/mol. The first-order valence-corrected chi connectivity index (χ1v) is 12.2. The van der Waals surface area contributed by atoms with E-state index >= 15 is 0 Å². The van der Waals surface area contributed by atoms with Crippen LogP contribution in [-0.2, 0) is 6.18 Å². The van der Waals surface area contributed by atoms with Crippen LogP contribution in [0.25, 0.3) is 11.4 Å². The van der Waals surface area contributed by atoms with Gasteiger partial charge in [0.05, 0.1) is 11.1 Å². The molecule has 1 aliphatic rings. The molecule has 2 aromatic heterocycles. The highest BCUT2D eigenvalue weighted by Crippen LogP contribution is 2.34. The van der Waals surface area contributed by atoms with Gasteiger partial charge in [-0.1, -0.05) is 48.5 Å². The van der Waals surface area contributed by atoms with Gasteiger partial charge < -0.3 is 4.90 Å². The summed E-state index contributed by atoms with van der Waals surface area (Å²) in [7, 11) is 0. The zero-order valence-electron chi connectivity index (χ0n) is 19.1. The van der Waals surface area contributed by atoms with Crippen molar-refractivity contribution in [3.8, 4) is 11.4 Å². The van der Waals surface area contributed by atoms with Crippen molar-refractivity contribution < 1.29 is 18.0 Å². The van der Waals surface area contributed by atoms with Gasteiger partial charge in [0.2, 0.25) is 5.13 Å². The van der Waals surface area contributed by atoms with E-state index in [-0.39, 0.29) is 11.8 Å². The van der Waals surface area contributed by atoms with Crippen LogP contribution in [0.15, 0.2) is 72.9 Å². The summed E-state index contributed by atoms with van der Waals surface area (Å²) < 4.78 is 43.4. The van der Waals surface area contributed by atoms with Crippen LogP contribution in [0.3, 0.4) is 0 Å². The van der Waals surface area contributed by atoms with E-state index in [1.54, 1.807) is 18.2 Å². The van der Waals surface area contributed by atoms with Gasteiger partial charge in [0.15, 0.2) is 5.82 Å². The normalized spacial score (nSPS) is 14.6. The monoisotopic (exact) mass is 509 g/mol. The van der Waals surface area contributed by atoms with E-state index in [9.17, 15) is 18.0 Å². The van der Waals surface area contributed by atoms with Gasteiger partial charge in [0.1, 0.15) is 5.82 Å². The topological polar surface area (TPSA) is 71.0 Å². The fourth-order valence-electron chi connectivity index (χ4n) is 4.27. The molecule has 1 fully saturated rings. The van der Waals surface area contributed by atoms with Crippen molar-refractivity contribution in [1.82, 2.24) is 14.3 Å². The second-order valence-corrected chi connectivity index (χ2v) is 9.28. The Balaban J connectivity index is 1.18. The molecular weight excluding hydrogens is 487 g/mol. The molecule has 1 saturated heterocycles. The molecule has 4 aromatic rings. The number of piperidine rings is 1. The van der Waals surface area contributed by atoms with E-state index in [1.807, 2.05) is 30.3 Å². The number of anilines is 2. The smallest absolute Gasteiger partial charge is 0.357 e. The number of alkyl halides is 3. The largest absolute Gasteiger partial charge is 0.416 e. The summed E-state index contributed by atoms with van der Waals surface area (Å²) in [4.78, 5) is 23.5. The van der Waals surface area contributed by atoms with Crippen LogP contribution >= 0.6 is 11.5 Å². The number of nitrogens with zero attached hydrogens (tertiary/aromatic N) is 4. The standard InChI is InChI=1S/C26H22F3N5OS/c27-26(28,29)21-8-4-7-19(15-21)17-11-13-34(14-12-17)22-10-9-20(16-30-22)24(35)32-25-31-23(33-36-25)18-5-2-1-3-6-18/h1-10,15-17H,11-14H2,(H,31,32,33,35). The van der Waals surface area contributed by atoms with E-state index in [0.29, 0.717) is 29.6 Å². The highest BCUT2D eigenvalue weighted by molar-refractivity contribution is 7.10. The Morgan fingerprint density at radius 2 is 1.78 bits per heavy atom. The van der Waals surface area contributed by atoms with E-state index in [0.717, 1.165) is 47.4 Å². The van der Waals surface area contributed by atoms with Crippen molar-refractivity contribution in [3.05, 3.63) is 89.6 Å². The van der Waals surface area contributed by atoms with Crippen LogP contribution in [0.4, 0.5) is 24.1 Å². The molecule has 0 spiro atoms. The lowest BCUT2D eigenvalue weighted by Crippen LogP contribution is -2.33. The van der Waals surface area contributed by atoms with Crippen LogP contribution in [0.2, 0.25) is 0 Å². The third-order valence-electron chi connectivity index (χ3n) is 6.19. The van der Waals surface area contributed by atoms with Gasteiger partial charge in [-0.2, -0.15) is 22.5 Å². The van der Waals surface area contributed by atoms with Crippen LogP contribution in [0.5, 0.6) is 0 Å². The maximum Gasteiger partial charge on any atom is 0.416 e. The van der Waals surface area contributed by atoms with Crippen LogP contribution in [-0.4, -0.2) is 33.3 Å². The Kier molecular flexibility index (Phi) is 6.69. The Labute approximate surface area is 210 Å². The van der Waals surface area contributed by atoms with E-state index in [4.69, 9.17) is 0 Å². The molecule has 0 radical (unpaired) electrons. The van der Waals surface area contributed by atoms with Gasteiger partial charge >= 0.3 is 6.18 Å². The number of carbonyl (C=O) groups is 1.